The first-order chi connectivity index (χ1) is 6.65. The summed E-state index contributed by atoms with van der Waals surface area (Å²) in [6, 6.07) is 3.87. The molecule has 0 saturated carbocycles. The second-order valence-electron chi connectivity index (χ2n) is 3.13. The van der Waals surface area contributed by atoms with Gasteiger partial charge in [0, 0.05) is 24.5 Å². The minimum Gasteiger partial charge on any atom is -0.301 e. The fourth-order valence-corrected chi connectivity index (χ4v) is 1.47. The van der Waals surface area contributed by atoms with Crippen LogP contribution in [0, 0.1) is 11.6 Å². The molecule has 0 fully saturated rings. The molecule has 0 heterocycles. The topological polar surface area (TPSA) is 3.24 Å². The quantitative estimate of drug-likeness (QED) is 0.704. The van der Waals surface area contributed by atoms with Crippen molar-refractivity contribution >= 4 is 11.6 Å². The van der Waals surface area contributed by atoms with Crippen molar-refractivity contribution in [2.75, 3.05) is 19.5 Å². The van der Waals surface area contributed by atoms with E-state index in [4.69, 9.17) is 11.6 Å². The van der Waals surface area contributed by atoms with Crippen molar-refractivity contribution in [3.8, 4) is 0 Å². The Morgan fingerprint density at radius 2 is 1.86 bits per heavy atom. The van der Waals surface area contributed by atoms with E-state index < -0.39 is 11.6 Å². The van der Waals surface area contributed by atoms with Gasteiger partial charge in [0.25, 0.3) is 0 Å². The molecule has 0 aliphatic rings. The monoisotopic (exact) mass is 219 g/mol. The van der Waals surface area contributed by atoms with E-state index in [1.807, 2.05) is 0 Å². The highest BCUT2D eigenvalue weighted by Gasteiger charge is 2.09. The first-order valence-corrected chi connectivity index (χ1v) is 4.86. The number of rotatable bonds is 4. The van der Waals surface area contributed by atoms with Gasteiger partial charge < -0.3 is 4.90 Å². The van der Waals surface area contributed by atoms with Crippen LogP contribution in [0.3, 0.4) is 0 Å². The van der Waals surface area contributed by atoms with Gasteiger partial charge in [-0.2, -0.15) is 0 Å². The number of hydrogen-bond acceptors (Lipinski definition) is 1. The summed E-state index contributed by atoms with van der Waals surface area (Å²) in [5.74, 6) is -0.565. The van der Waals surface area contributed by atoms with Gasteiger partial charge in [-0.1, -0.05) is 6.07 Å². The zero-order valence-electron chi connectivity index (χ0n) is 7.93. The molecule has 0 saturated heterocycles. The lowest BCUT2D eigenvalue weighted by atomic mass is 10.2. The number of nitrogens with zero attached hydrogens (tertiary/aromatic N) is 1. The molecular formula is C10H12ClF2N. The first-order valence-electron chi connectivity index (χ1n) is 4.32. The number of benzene rings is 1. The minimum absolute atomic E-state index is 0.0973. The normalized spacial score (nSPS) is 10.9. The Morgan fingerprint density at radius 1 is 1.29 bits per heavy atom. The summed E-state index contributed by atoms with van der Waals surface area (Å²) in [6.45, 7) is 0.848. The molecule has 0 bridgehead atoms. The van der Waals surface area contributed by atoms with Gasteiger partial charge in [0.2, 0.25) is 0 Å². The Labute approximate surface area is 87.3 Å². The van der Waals surface area contributed by atoms with Crippen molar-refractivity contribution in [3.05, 3.63) is 35.4 Å². The molecule has 1 rings (SSSR count). The van der Waals surface area contributed by atoms with Gasteiger partial charge in [0.15, 0.2) is 0 Å². The second-order valence-corrected chi connectivity index (χ2v) is 3.50. The highest BCUT2D eigenvalue weighted by atomic mass is 35.5. The Hall–Kier alpha value is -0.670. The fraction of sp³-hybridized carbons (Fsp3) is 0.400. The third-order valence-electron chi connectivity index (χ3n) is 1.96. The van der Waals surface area contributed by atoms with Crippen LogP contribution in [0.5, 0.6) is 0 Å². The summed E-state index contributed by atoms with van der Waals surface area (Å²) in [4.78, 5) is 1.77. The Kier molecular flexibility index (Phi) is 4.29. The van der Waals surface area contributed by atoms with Crippen molar-refractivity contribution in [1.82, 2.24) is 4.90 Å². The van der Waals surface area contributed by atoms with Gasteiger partial charge in [-0.15, -0.1) is 11.6 Å². The van der Waals surface area contributed by atoms with Crippen LogP contribution in [0.1, 0.15) is 5.56 Å². The fourth-order valence-electron chi connectivity index (χ4n) is 1.18. The smallest absolute Gasteiger partial charge is 0.130 e. The van der Waals surface area contributed by atoms with Crippen LogP contribution in [-0.4, -0.2) is 24.4 Å². The van der Waals surface area contributed by atoms with Gasteiger partial charge in [0.05, 0.1) is 0 Å². The molecule has 0 aromatic heterocycles. The van der Waals surface area contributed by atoms with Gasteiger partial charge in [0.1, 0.15) is 11.6 Å². The van der Waals surface area contributed by atoms with E-state index in [-0.39, 0.29) is 12.1 Å². The Morgan fingerprint density at radius 3 is 2.36 bits per heavy atom. The molecule has 0 spiro atoms. The molecule has 0 amide bonds. The van der Waals surface area contributed by atoms with Crippen LogP contribution in [0.2, 0.25) is 0 Å². The standard InChI is InChI=1S/C10H12ClF2N/c1-14(6-5-11)7-8-9(12)3-2-4-10(8)13/h2-4H,5-7H2,1H3. The van der Waals surface area contributed by atoms with Crippen LogP contribution >= 0.6 is 11.6 Å². The molecule has 0 unspecified atom stereocenters. The van der Waals surface area contributed by atoms with Gasteiger partial charge in [-0.3, -0.25) is 0 Å². The summed E-state index contributed by atoms with van der Waals surface area (Å²) < 4.78 is 26.3. The van der Waals surface area contributed by atoms with Crippen LogP contribution in [0.15, 0.2) is 18.2 Å². The maximum absolute atomic E-state index is 13.2. The SMILES string of the molecule is CN(CCCl)Cc1c(F)cccc1F. The van der Waals surface area contributed by atoms with Crippen molar-refractivity contribution in [2.45, 2.75) is 6.54 Å². The molecule has 1 aromatic rings. The van der Waals surface area contributed by atoms with Gasteiger partial charge in [-0.25, -0.2) is 8.78 Å². The van der Waals surface area contributed by atoms with E-state index in [9.17, 15) is 8.78 Å². The van der Waals surface area contributed by atoms with Crippen LogP contribution in [0.25, 0.3) is 0 Å². The van der Waals surface area contributed by atoms with Crippen LogP contribution in [0.4, 0.5) is 8.78 Å². The van der Waals surface area contributed by atoms with E-state index in [1.54, 1.807) is 11.9 Å². The maximum Gasteiger partial charge on any atom is 0.130 e. The van der Waals surface area contributed by atoms with E-state index in [2.05, 4.69) is 0 Å². The predicted molar refractivity (Wildman–Crippen MR) is 53.4 cm³/mol. The molecule has 0 N–H and O–H groups in total. The third-order valence-corrected chi connectivity index (χ3v) is 2.12. The van der Waals surface area contributed by atoms with Crippen molar-refractivity contribution < 1.29 is 8.78 Å². The summed E-state index contributed by atoms with van der Waals surface area (Å²) in [5.41, 5.74) is 0.0973. The zero-order chi connectivity index (χ0) is 10.6. The molecular weight excluding hydrogens is 208 g/mol. The largest absolute Gasteiger partial charge is 0.301 e. The zero-order valence-corrected chi connectivity index (χ0v) is 8.69. The van der Waals surface area contributed by atoms with Gasteiger partial charge >= 0.3 is 0 Å². The summed E-state index contributed by atoms with van der Waals surface area (Å²) >= 11 is 5.51. The lowest BCUT2D eigenvalue weighted by Gasteiger charge is -2.15. The molecule has 0 radical (unpaired) electrons. The first kappa shape index (κ1) is 11.4. The van der Waals surface area contributed by atoms with Crippen molar-refractivity contribution in [3.63, 3.8) is 0 Å². The van der Waals surface area contributed by atoms with E-state index >= 15 is 0 Å². The lowest BCUT2D eigenvalue weighted by molar-refractivity contribution is 0.333. The summed E-state index contributed by atoms with van der Waals surface area (Å²) in [6.07, 6.45) is 0. The second kappa shape index (κ2) is 5.27. The summed E-state index contributed by atoms with van der Waals surface area (Å²) in [7, 11) is 1.77. The van der Waals surface area contributed by atoms with E-state index in [0.29, 0.717) is 12.4 Å². The molecule has 78 valence electrons. The Balaban J connectivity index is 2.75. The van der Waals surface area contributed by atoms with Crippen LogP contribution in [-0.2, 0) is 6.54 Å². The third kappa shape index (κ3) is 2.93. The molecule has 0 atom stereocenters. The predicted octanol–water partition coefficient (Wildman–Crippen LogP) is 2.64. The van der Waals surface area contributed by atoms with Crippen LogP contribution < -0.4 is 0 Å². The molecule has 14 heavy (non-hydrogen) atoms. The number of halogens is 3. The van der Waals surface area contributed by atoms with Gasteiger partial charge in [-0.05, 0) is 19.2 Å². The average molecular weight is 220 g/mol. The van der Waals surface area contributed by atoms with Crippen molar-refractivity contribution in [1.29, 1.82) is 0 Å². The highest BCUT2D eigenvalue weighted by Crippen LogP contribution is 2.13. The molecule has 1 aromatic carbocycles. The molecule has 4 heteroatoms. The highest BCUT2D eigenvalue weighted by molar-refractivity contribution is 6.18. The molecule has 1 nitrogen and oxygen atoms in total. The lowest BCUT2D eigenvalue weighted by Crippen LogP contribution is -2.21. The molecule has 0 aliphatic carbocycles. The van der Waals surface area contributed by atoms with E-state index in [1.165, 1.54) is 18.2 Å². The van der Waals surface area contributed by atoms with Crippen molar-refractivity contribution in [2.24, 2.45) is 0 Å². The van der Waals surface area contributed by atoms with E-state index in [0.717, 1.165) is 0 Å². The Bertz CT molecular complexity index is 284. The average Bonchev–Trinajstić information content (AvgIpc) is 2.12. The summed E-state index contributed by atoms with van der Waals surface area (Å²) in [5, 5.41) is 0. The minimum atomic E-state index is -0.508. The molecule has 0 aliphatic heterocycles. The number of hydrogen-bond donors (Lipinski definition) is 0. The maximum atomic E-state index is 13.2. The number of alkyl halides is 1.